The number of rotatable bonds is 2. The Labute approximate surface area is 106 Å². The Balaban J connectivity index is 3.50. The summed E-state index contributed by atoms with van der Waals surface area (Å²) in [5, 5.41) is 11.0. The van der Waals surface area contributed by atoms with Gasteiger partial charge in [-0.1, -0.05) is 49.3 Å². The van der Waals surface area contributed by atoms with Gasteiger partial charge in [-0.15, -0.1) is 0 Å². The van der Waals surface area contributed by atoms with E-state index in [0.29, 0.717) is 5.75 Å². The molecular formula is C14H19BrO. The Hall–Kier alpha value is -0.760. The zero-order valence-corrected chi connectivity index (χ0v) is 12.0. The van der Waals surface area contributed by atoms with Gasteiger partial charge in [-0.05, 0) is 29.5 Å². The van der Waals surface area contributed by atoms with Gasteiger partial charge in [0.05, 0.1) is 0 Å². The fraction of sp³-hybridized carbons (Fsp3) is 0.429. The highest BCUT2D eigenvalue weighted by Gasteiger charge is 2.21. The Morgan fingerprint density at radius 1 is 1.38 bits per heavy atom. The minimum Gasteiger partial charge on any atom is -0.507 e. The number of benzene rings is 1. The molecule has 16 heavy (non-hydrogen) atoms. The van der Waals surface area contributed by atoms with Crippen molar-refractivity contribution in [1.82, 2.24) is 0 Å². The van der Waals surface area contributed by atoms with Gasteiger partial charge >= 0.3 is 0 Å². The summed E-state index contributed by atoms with van der Waals surface area (Å²) >= 11 is 3.45. The van der Waals surface area contributed by atoms with Crippen molar-refractivity contribution >= 4 is 21.5 Å². The highest BCUT2D eigenvalue weighted by molar-refractivity contribution is 9.08. The first-order chi connectivity index (χ1) is 7.27. The van der Waals surface area contributed by atoms with Crippen LogP contribution in [0.5, 0.6) is 5.75 Å². The molecule has 0 aliphatic heterocycles. The number of allylic oxidation sites excluding steroid dienone is 1. The lowest BCUT2D eigenvalue weighted by atomic mass is 9.83. The number of hydrogen-bond donors (Lipinski definition) is 1. The number of phenolic OH excluding ortho intramolecular Hbond substituents is 1. The average molecular weight is 283 g/mol. The summed E-state index contributed by atoms with van der Waals surface area (Å²) in [6.45, 7) is 12.1. The van der Waals surface area contributed by atoms with E-state index < -0.39 is 0 Å². The summed E-state index contributed by atoms with van der Waals surface area (Å²) in [4.78, 5) is 0. The maximum Gasteiger partial charge on any atom is 0.126 e. The van der Waals surface area contributed by atoms with Crippen LogP contribution in [-0.2, 0) is 10.7 Å². The van der Waals surface area contributed by atoms with E-state index in [1.807, 2.05) is 13.0 Å². The molecule has 0 aromatic heterocycles. The standard InChI is InChI=1S/C14H19BrO/c1-9(2)11-6-10(8-15)7-12(13(11)16)14(3,4)5/h6-7,16H,1,8H2,2-5H3. The van der Waals surface area contributed by atoms with Crippen molar-refractivity contribution in [2.24, 2.45) is 0 Å². The Morgan fingerprint density at radius 2 is 1.94 bits per heavy atom. The van der Waals surface area contributed by atoms with Crippen molar-refractivity contribution in [2.45, 2.75) is 38.4 Å². The molecule has 1 aromatic carbocycles. The van der Waals surface area contributed by atoms with E-state index in [9.17, 15) is 5.11 Å². The molecular weight excluding hydrogens is 264 g/mol. The van der Waals surface area contributed by atoms with E-state index in [2.05, 4.69) is 49.3 Å². The van der Waals surface area contributed by atoms with Crippen LogP contribution in [0.2, 0.25) is 0 Å². The van der Waals surface area contributed by atoms with Crippen molar-refractivity contribution in [2.75, 3.05) is 0 Å². The van der Waals surface area contributed by atoms with Gasteiger partial charge in [-0.3, -0.25) is 0 Å². The van der Waals surface area contributed by atoms with Crippen LogP contribution in [0.1, 0.15) is 44.4 Å². The third-order valence-corrected chi connectivity index (χ3v) is 3.24. The monoisotopic (exact) mass is 282 g/mol. The Bertz CT molecular complexity index is 413. The molecule has 1 aromatic rings. The maximum absolute atomic E-state index is 10.2. The summed E-state index contributed by atoms with van der Waals surface area (Å²) in [5.41, 5.74) is 3.82. The average Bonchev–Trinajstić information content (AvgIpc) is 2.15. The smallest absolute Gasteiger partial charge is 0.126 e. The van der Waals surface area contributed by atoms with Crippen LogP contribution in [0.4, 0.5) is 0 Å². The molecule has 0 amide bonds. The van der Waals surface area contributed by atoms with Gasteiger partial charge < -0.3 is 5.11 Å². The fourth-order valence-corrected chi connectivity index (χ4v) is 1.99. The van der Waals surface area contributed by atoms with Crippen LogP contribution in [0.25, 0.3) is 5.57 Å². The zero-order chi connectivity index (χ0) is 12.5. The minimum absolute atomic E-state index is 0.0630. The molecule has 0 aliphatic carbocycles. The largest absolute Gasteiger partial charge is 0.507 e. The summed E-state index contributed by atoms with van der Waals surface area (Å²) in [6.07, 6.45) is 0. The van der Waals surface area contributed by atoms with Gasteiger partial charge in [-0.2, -0.15) is 0 Å². The zero-order valence-electron chi connectivity index (χ0n) is 10.4. The second-order valence-electron chi connectivity index (χ2n) is 5.20. The number of phenols is 1. The van der Waals surface area contributed by atoms with Crippen molar-refractivity contribution in [3.05, 3.63) is 35.4 Å². The first kappa shape index (κ1) is 13.3. The SMILES string of the molecule is C=C(C)c1cc(CBr)cc(C(C)(C)C)c1O. The molecule has 0 radical (unpaired) electrons. The third kappa shape index (κ3) is 2.67. The van der Waals surface area contributed by atoms with Crippen molar-refractivity contribution in [1.29, 1.82) is 0 Å². The van der Waals surface area contributed by atoms with Crippen LogP contribution in [0.15, 0.2) is 18.7 Å². The van der Waals surface area contributed by atoms with Gasteiger partial charge in [0.15, 0.2) is 0 Å². The van der Waals surface area contributed by atoms with E-state index in [0.717, 1.165) is 22.0 Å². The molecule has 0 aliphatic rings. The number of halogens is 1. The topological polar surface area (TPSA) is 20.2 Å². The van der Waals surface area contributed by atoms with Crippen LogP contribution in [-0.4, -0.2) is 5.11 Å². The van der Waals surface area contributed by atoms with Gasteiger partial charge in [0, 0.05) is 16.5 Å². The molecule has 0 unspecified atom stereocenters. The highest BCUT2D eigenvalue weighted by Crippen LogP contribution is 2.37. The van der Waals surface area contributed by atoms with Crippen molar-refractivity contribution < 1.29 is 5.11 Å². The molecule has 1 N–H and O–H groups in total. The lowest BCUT2D eigenvalue weighted by Gasteiger charge is -2.23. The van der Waals surface area contributed by atoms with E-state index in [1.54, 1.807) is 0 Å². The molecule has 2 heteroatoms. The second kappa shape index (κ2) is 4.62. The molecule has 0 heterocycles. The molecule has 0 atom stereocenters. The van der Waals surface area contributed by atoms with Gasteiger partial charge in [-0.25, -0.2) is 0 Å². The van der Waals surface area contributed by atoms with Crippen LogP contribution < -0.4 is 0 Å². The summed E-state index contributed by atoms with van der Waals surface area (Å²) in [6, 6.07) is 4.04. The highest BCUT2D eigenvalue weighted by atomic mass is 79.9. The normalized spacial score (nSPS) is 11.6. The summed E-state index contributed by atoms with van der Waals surface area (Å²) in [7, 11) is 0. The van der Waals surface area contributed by atoms with Crippen LogP contribution in [0.3, 0.4) is 0 Å². The van der Waals surface area contributed by atoms with Crippen LogP contribution >= 0.6 is 15.9 Å². The second-order valence-corrected chi connectivity index (χ2v) is 5.76. The molecule has 0 spiro atoms. The van der Waals surface area contributed by atoms with Gasteiger partial charge in [0.1, 0.15) is 5.75 Å². The van der Waals surface area contributed by atoms with Crippen molar-refractivity contribution in [3.63, 3.8) is 0 Å². The maximum atomic E-state index is 10.2. The molecule has 0 saturated carbocycles. The molecule has 0 bridgehead atoms. The minimum atomic E-state index is -0.0630. The van der Waals surface area contributed by atoms with Crippen LogP contribution in [0, 0.1) is 0 Å². The van der Waals surface area contributed by atoms with Crippen molar-refractivity contribution in [3.8, 4) is 5.75 Å². The Kier molecular flexibility index (Phi) is 3.84. The third-order valence-electron chi connectivity index (χ3n) is 2.59. The first-order valence-electron chi connectivity index (χ1n) is 5.35. The fourth-order valence-electron chi connectivity index (χ4n) is 1.67. The van der Waals surface area contributed by atoms with E-state index in [1.165, 1.54) is 5.56 Å². The molecule has 0 fully saturated rings. The first-order valence-corrected chi connectivity index (χ1v) is 6.47. The lowest BCUT2D eigenvalue weighted by Crippen LogP contribution is -2.12. The molecule has 88 valence electrons. The quantitative estimate of drug-likeness (QED) is 0.785. The van der Waals surface area contributed by atoms with Gasteiger partial charge in [0.2, 0.25) is 0 Å². The predicted octanol–water partition coefficient (Wildman–Crippen LogP) is 4.62. The number of aromatic hydroxyl groups is 1. The lowest BCUT2D eigenvalue weighted by molar-refractivity contribution is 0.445. The van der Waals surface area contributed by atoms with Gasteiger partial charge in [0.25, 0.3) is 0 Å². The number of alkyl halides is 1. The summed E-state index contributed by atoms with van der Waals surface area (Å²) < 4.78 is 0. The summed E-state index contributed by atoms with van der Waals surface area (Å²) in [5.74, 6) is 0.365. The van der Waals surface area contributed by atoms with E-state index in [-0.39, 0.29) is 5.41 Å². The predicted molar refractivity (Wildman–Crippen MR) is 74.1 cm³/mol. The molecule has 1 rings (SSSR count). The van der Waals surface area contributed by atoms with E-state index in [4.69, 9.17) is 0 Å². The molecule has 0 saturated heterocycles. The van der Waals surface area contributed by atoms with E-state index >= 15 is 0 Å². The number of hydrogen-bond acceptors (Lipinski definition) is 1. The Morgan fingerprint density at radius 3 is 2.31 bits per heavy atom. The molecule has 1 nitrogen and oxygen atoms in total.